The number of aliphatic hydroxyl groups excluding tert-OH is 2. The number of aryl methyl sites for hydroxylation is 1. The van der Waals surface area contributed by atoms with Gasteiger partial charge in [-0.25, -0.2) is 0 Å². The summed E-state index contributed by atoms with van der Waals surface area (Å²) < 4.78 is 1.61. The first-order valence-corrected chi connectivity index (χ1v) is 4.39. The van der Waals surface area contributed by atoms with Gasteiger partial charge in [0.05, 0.1) is 18.0 Å². The van der Waals surface area contributed by atoms with Crippen molar-refractivity contribution >= 4 is 0 Å². The fraction of sp³-hybridized carbons (Fsp3) is 0.667. The molecule has 0 fully saturated rings. The lowest BCUT2D eigenvalue weighted by Crippen LogP contribution is -2.08. The Morgan fingerprint density at radius 3 is 2.54 bits per heavy atom. The Morgan fingerprint density at radius 1 is 1.54 bits per heavy atom. The summed E-state index contributed by atoms with van der Waals surface area (Å²) in [7, 11) is 1.76. The maximum atomic E-state index is 9.39. The molecule has 0 radical (unpaired) electrons. The van der Waals surface area contributed by atoms with Crippen LogP contribution >= 0.6 is 0 Å². The number of rotatable bonds is 3. The molecular formula is C9H16N2O2. The van der Waals surface area contributed by atoms with E-state index in [9.17, 15) is 5.11 Å². The van der Waals surface area contributed by atoms with Crippen molar-refractivity contribution in [1.82, 2.24) is 9.78 Å². The first-order valence-electron chi connectivity index (χ1n) is 4.39. The van der Waals surface area contributed by atoms with E-state index in [1.165, 1.54) is 0 Å². The normalized spacial score (nSPS) is 13.7. The molecule has 1 rings (SSSR count). The summed E-state index contributed by atoms with van der Waals surface area (Å²) in [5.41, 5.74) is 1.59. The fourth-order valence-corrected chi connectivity index (χ4v) is 1.19. The molecule has 0 aliphatic rings. The third-order valence-electron chi connectivity index (χ3n) is 2.04. The highest BCUT2D eigenvalue weighted by atomic mass is 16.3. The zero-order valence-electron chi connectivity index (χ0n) is 8.23. The Morgan fingerprint density at radius 2 is 2.15 bits per heavy atom. The van der Waals surface area contributed by atoms with Gasteiger partial charge >= 0.3 is 0 Å². The quantitative estimate of drug-likeness (QED) is 0.722. The molecule has 1 unspecified atom stereocenters. The molecule has 0 saturated carbocycles. The second-order valence-corrected chi connectivity index (χ2v) is 3.47. The molecule has 4 heteroatoms. The highest BCUT2D eigenvalue weighted by molar-refractivity contribution is 5.15. The number of aromatic nitrogens is 2. The summed E-state index contributed by atoms with van der Waals surface area (Å²) in [5, 5.41) is 22.4. The molecule has 1 aromatic rings. The van der Waals surface area contributed by atoms with Gasteiger partial charge in [0.15, 0.2) is 0 Å². The molecule has 0 spiro atoms. The van der Waals surface area contributed by atoms with Crippen LogP contribution in [0.2, 0.25) is 0 Å². The van der Waals surface area contributed by atoms with E-state index < -0.39 is 6.10 Å². The molecule has 0 bridgehead atoms. The van der Waals surface area contributed by atoms with Gasteiger partial charge in [0.1, 0.15) is 6.10 Å². The Bertz CT molecular complexity index is 281. The molecule has 1 heterocycles. The van der Waals surface area contributed by atoms with Gasteiger partial charge in [-0.1, -0.05) is 13.8 Å². The fourth-order valence-electron chi connectivity index (χ4n) is 1.19. The standard InChI is InChI=1S/C9H16N2O2/c1-6(2)7-4-8(9(13)5-12)11(3)10-7/h4,6,9,12-13H,5H2,1-3H3. The minimum Gasteiger partial charge on any atom is -0.393 e. The van der Waals surface area contributed by atoms with Crippen molar-refractivity contribution in [3.05, 3.63) is 17.5 Å². The average molecular weight is 184 g/mol. The van der Waals surface area contributed by atoms with Crippen LogP contribution in [0.15, 0.2) is 6.07 Å². The lowest BCUT2D eigenvalue weighted by molar-refractivity contribution is 0.0891. The van der Waals surface area contributed by atoms with Gasteiger partial charge in [-0.15, -0.1) is 0 Å². The Hall–Kier alpha value is -0.870. The first kappa shape index (κ1) is 10.2. The van der Waals surface area contributed by atoms with Crippen LogP contribution in [-0.2, 0) is 7.05 Å². The Kier molecular flexibility index (Phi) is 3.06. The van der Waals surface area contributed by atoms with Gasteiger partial charge in [-0.2, -0.15) is 5.10 Å². The summed E-state index contributed by atoms with van der Waals surface area (Å²) in [5.74, 6) is 0.339. The zero-order valence-corrected chi connectivity index (χ0v) is 8.23. The van der Waals surface area contributed by atoms with Crippen LogP contribution < -0.4 is 0 Å². The largest absolute Gasteiger partial charge is 0.393 e. The summed E-state index contributed by atoms with van der Waals surface area (Å²) in [6.07, 6.45) is -0.829. The van der Waals surface area contributed by atoms with Gasteiger partial charge in [0.25, 0.3) is 0 Å². The topological polar surface area (TPSA) is 58.3 Å². The highest BCUT2D eigenvalue weighted by Crippen LogP contribution is 2.18. The van der Waals surface area contributed by atoms with E-state index in [0.29, 0.717) is 11.6 Å². The second kappa shape index (κ2) is 3.89. The minimum absolute atomic E-state index is 0.267. The van der Waals surface area contributed by atoms with Crippen LogP contribution in [0.4, 0.5) is 0 Å². The molecule has 1 aromatic heterocycles. The average Bonchev–Trinajstić information content (AvgIpc) is 2.46. The van der Waals surface area contributed by atoms with E-state index in [1.54, 1.807) is 11.7 Å². The summed E-state index contributed by atoms with van der Waals surface area (Å²) in [6, 6.07) is 1.82. The summed E-state index contributed by atoms with van der Waals surface area (Å²) in [6.45, 7) is 3.81. The van der Waals surface area contributed by atoms with Crippen molar-refractivity contribution in [1.29, 1.82) is 0 Å². The van der Waals surface area contributed by atoms with Crippen LogP contribution in [-0.4, -0.2) is 26.6 Å². The second-order valence-electron chi connectivity index (χ2n) is 3.47. The molecule has 0 aliphatic carbocycles. The molecule has 74 valence electrons. The van der Waals surface area contributed by atoms with Crippen LogP contribution in [0, 0.1) is 0 Å². The predicted molar refractivity (Wildman–Crippen MR) is 49.3 cm³/mol. The van der Waals surface area contributed by atoms with Gasteiger partial charge in [-0.3, -0.25) is 4.68 Å². The zero-order chi connectivity index (χ0) is 10.0. The first-order chi connectivity index (χ1) is 6.06. The van der Waals surface area contributed by atoms with E-state index >= 15 is 0 Å². The van der Waals surface area contributed by atoms with Crippen molar-refractivity contribution in [3.63, 3.8) is 0 Å². The summed E-state index contributed by atoms with van der Waals surface area (Å²) in [4.78, 5) is 0. The number of nitrogens with zero attached hydrogens (tertiary/aromatic N) is 2. The van der Waals surface area contributed by atoms with E-state index in [2.05, 4.69) is 5.10 Å². The number of hydrogen-bond acceptors (Lipinski definition) is 3. The lowest BCUT2D eigenvalue weighted by atomic mass is 10.1. The SMILES string of the molecule is CC(C)c1cc(C(O)CO)n(C)n1. The smallest absolute Gasteiger partial charge is 0.119 e. The van der Waals surface area contributed by atoms with Crippen LogP contribution in [0.5, 0.6) is 0 Å². The Labute approximate surface area is 77.8 Å². The molecule has 0 aromatic carbocycles. The van der Waals surface area contributed by atoms with Gasteiger partial charge in [-0.05, 0) is 12.0 Å². The van der Waals surface area contributed by atoms with E-state index in [-0.39, 0.29) is 6.61 Å². The molecule has 0 saturated heterocycles. The number of hydrogen-bond donors (Lipinski definition) is 2. The third-order valence-corrected chi connectivity index (χ3v) is 2.04. The maximum Gasteiger partial charge on any atom is 0.119 e. The number of aliphatic hydroxyl groups is 2. The lowest BCUT2D eigenvalue weighted by Gasteiger charge is -2.05. The molecule has 0 amide bonds. The molecular weight excluding hydrogens is 168 g/mol. The minimum atomic E-state index is -0.829. The monoisotopic (exact) mass is 184 g/mol. The van der Waals surface area contributed by atoms with Gasteiger partial charge < -0.3 is 10.2 Å². The molecule has 4 nitrogen and oxygen atoms in total. The maximum absolute atomic E-state index is 9.39. The molecule has 1 atom stereocenters. The van der Waals surface area contributed by atoms with Crippen molar-refractivity contribution < 1.29 is 10.2 Å². The van der Waals surface area contributed by atoms with Crippen molar-refractivity contribution in [2.75, 3.05) is 6.61 Å². The van der Waals surface area contributed by atoms with Crippen molar-refractivity contribution in [2.45, 2.75) is 25.9 Å². The Balaban J connectivity index is 2.96. The summed E-state index contributed by atoms with van der Waals surface area (Å²) >= 11 is 0. The van der Waals surface area contributed by atoms with Gasteiger partial charge in [0.2, 0.25) is 0 Å². The van der Waals surface area contributed by atoms with E-state index in [0.717, 1.165) is 5.69 Å². The molecule has 2 N–H and O–H groups in total. The van der Waals surface area contributed by atoms with Crippen LogP contribution in [0.1, 0.15) is 37.3 Å². The van der Waals surface area contributed by atoms with E-state index in [4.69, 9.17) is 5.11 Å². The molecule has 0 aliphatic heterocycles. The van der Waals surface area contributed by atoms with Crippen molar-refractivity contribution in [3.8, 4) is 0 Å². The highest BCUT2D eigenvalue weighted by Gasteiger charge is 2.14. The van der Waals surface area contributed by atoms with Crippen LogP contribution in [0.25, 0.3) is 0 Å². The van der Waals surface area contributed by atoms with Crippen LogP contribution in [0.3, 0.4) is 0 Å². The van der Waals surface area contributed by atoms with E-state index in [1.807, 2.05) is 19.9 Å². The predicted octanol–water partition coefficient (Wildman–Crippen LogP) is 0.569. The molecule has 13 heavy (non-hydrogen) atoms. The third kappa shape index (κ3) is 2.08. The van der Waals surface area contributed by atoms with Crippen molar-refractivity contribution in [2.24, 2.45) is 7.05 Å². The van der Waals surface area contributed by atoms with Gasteiger partial charge in [0, 0.05) is 7.05 Å².